The van der Waals surface area contributed by atoms with Crippen molar-refractivity contribution in [3.8, 4) is 39.1 Å². The zero-order valence-electron chi connectivity index (χ0n) is 45.6. The van der Waals surface area contributed by atoms with Crippen LogP contribution in [0.2, 0.25) is 5.02 Å². The number of carbonyl (C=O) groups is 2. The number of amides is 2. The van der Waals surface area contributed by atoms with Gasteiger partial charge in [-0.15, -0.1) is 11.3 Å². The average Bonchev–Trinajstić information content (AvgIpc) is 4.50. The number of halogens is 3. The topological polar surface area (TPSA) is 244 Å². The number of carbonyl (C=O) groups excluding carboxylic acids is 2. The highest BCUT2D eigenvalue weighted by Crippen LogP contribution is 2.55. The van der Waals surface area contributed by atoms with Crippen LogP contribution >= 0.6 is 22.9 Å². The van der Waals surface area contributed by atoms with Crippen molar-refractivity contribution >= 4 is 68.1 Å². The van der Waals surface area contributed by atoms with Crippen LogP contribution in [0.15, 0.2) is 66.4 Å². The number of nitrogens with zero attached hydrogens (tertiary/aromatic N) is 7. The number of ether oxygens (including phenoxy) is 4. The Labute approximate surface area is 475 Å². The van der Waals surface area contributed by atoms with Crippen LogP contribution < -0.4 is 41.3 Å². The van der Waals surface area contributed by atoms with Crippen LogP contribution in [0.5, 0.6) is 17.5 Å². The number of anilines is 1. The van der Waals surface area contributed by atoms with E-state index in [1.165, 1.54) is 23.3 Å². The molecule has 5 aliphatic heterocycles. The Balaban J connectivity index is 0.00000341. The van der Waals surface area contributed by atoms with Gasteiger partial charge in [0.1, 0.15) is 54.4 Å². The lowest BCUT2D eigenvalue weighted by atomic mass is 9.93. The first-order valence-electron chi connectivity index (χ1n) is 27.2. The number of hydrazine groups is 1. The van der Waals surface area contributed by atoms with Gasteiger partial charge < -0.3 is 55.2 Å². The normalized spacial score (nSPS) is 20.0. The highest BCUT2D eigenvalue weighted by molar-refractivity contribution is 7.13. The van der Waals surface area contributed by atoms with E-state index in [1.54, 1.807) is 41.5 Å². The van der Waals surface area contributed by atoms with Gasteiger partial charge in [0, 0.05) is 85.5 Å². The van der Waals surface area contributed by atoms with Gasteiger partial charge in [-0.1, -0.05) is 61.8 Å². The fourth-order valence-corrected chi connectivity index (χ4v) is 13.2. The third-order valence-corrected chi connectivity index (χ3v) is 17.4. The SMILES string of the molecule is CO.Cc1ncsc1-c1ccc(CNC(=O)C2CCCN2C(=O)C(C(C)C)N(N)/C=C(\N)c2ccc(COc3c(-c4c(C)c(F)cc5[nH]ncc45)c(Cl)c4c5c(nc(OC6CCOCC6)nc35)N3C5CNC(C5)C3CO4)c(F)c2)cc1. The molecule has 0 aliphatic carbocycles. The molecule has 2 bridgehead atoms. The van der Waals surface area contributed by atoms with Gasteiger partial charge in [0.2, 0.25) is 11.8 Å². The minimum absolute atomic E-state index is 0.0891. The van der Waals surface area contributed by atoms with Gasteiger partial charge in [-0.3, -0.25) is 14.7 Å². The Morgan fingerprint density at radius 2 is 1.85 bits per heavy atom. The van der Waals surface area contributed by atoms with Crippen molar-refractivity contribution in [3.63, 3.8) is 0 Å². The van der Waals surface area contributed by atoms with Crippen molar-refractivity contribution < 1.29 is 42.4 Å². The summed E-state index contributed by atoms with van der Waals surface area (Å²) in [5, 5.41) is 23.2. The molecule has 5 atom stereocenters. The van der Waals surface area contributed by atoms with Gasteiger partial charge in [0.15, 0.2) is 11.5 Å². The Morgan fingerprint density at radius 3 is 2.59 bits per heavy atom. The minimum Gasteiger partial charge on any atom is -0.489 e. The number of rotatable bonds is 15. The number of nitrogens with one attached hydrogen (secondary N) is 3. The Hall–Kier alpha value is -7.21. The molecule has 5 aliphatic rings. The van der Waals surface area contributed by atoms with Crippen LogP contribution in [-0.4, -0.2) is 128 Å². The first-order chi connectivity index (χ1) is 39.2. The summed E-state index contributed by atoms with van der Waals surface area (Å²) in [7, 11) is 1.00. The van der Waals surface area contributed by atoms with Crippen molar-refractivity contribution in [1.82, 2.24) is 45.7 Å². The second-order valence-electron chi connectivity index (χ2n) is 21.4. The number of H-pyrrole nitrogens is 1. The van der Waals surface area contributed by atoms with Crippen LogP contribution in [-0.2, 0) is 27.5 Å². The van der Waals surface area contributed by atoms with Gasteiger partial charge in [0.05, 0.1) is 63.2 Å². The standard InChI is InChI=1S/C57H61ClF2N12O6S.CH4O/c1-28(2)50(56(74)70-15-5-6-43(70)55(73)64-21-31-7-9-32(10-8-31)53-30(4)65-27-79-53)71(62)24-40(61)33-11-12-34(39(60)18-33)25-76-52-46(45-29(3)38(59)20-41-37(45)23-66-69-41)48(58)51-47-49(52)67-57(78-36-13-16-75-17-14-36)68-54(47)72-35-19-42(63-22-35)44(72)26-77-51;1-2/h7-12,18,20,23-24,27-28,35-36,42-44,50,63H,5-6,13-17,19,21-22,25-26,61-62H2,1-4H3,(H,64,73)(H,66,69);2H,1H3/b40-24-;. The molecule has 8 N–H and O–H groups in total. The van der Waals surface area contributed by atoms with Crippen molar-refractivity contribution in [2.24, 2.45) is 17.5 Å². The molecular formula is C58H65ClF2N12O7S. The third-order valence-electron chi connectivity index (χ3n) is 16.1. The molecule has 0 saturated carbocycles. The molecule has 5 unspecified atom stereocenters. The lowest BCUT2D eigenvalue weighted by Gasteiger charge is -2.35. The number of fused-ring (bicyclic) bond motifs is 7. The number of aryl methyl sites for hydroxylation is 1. The van der Waals surface area contributed by atoms with Crippen molar-refractivity contribution in [3.05, 3.63) is 111 Å². The first-order valence-corrected chi connectivity index (χ1v) is 28.5. The molecule has 3 aromatic heterocycles. The average molecular weight is 1150 g/mol. The lowest BCUT2D eigenvalue weighted by Crippen LogP contribution is -2.55. The summed E-state index contributed by atoms with van der Waals surface area (Å²) in [5.41, 5.74) is 13.6. The highest BCUT2D eigenvalue weighted by atomic mass is 35.5. The first kappa shape index (κ1) is 55.7. The molecule has 23 heteroatoms. The second-order valence-corrected chi connectivity index (χ2v) is 22.6. The number of likely N-dealkylation sites (tertiary alicyclic amines) is 1. The van der Waals surface area contributed by atoms with Crippen LogP contribution in [0.1, 0.15) is 73.9 Å². The molecule has 0 radical (unpaired) electrons. The van der Waals surface area contributed by atoms with E-state index >= 15 is 8.78 Å². The number of hydrogen-bond donors (Lipinski definition) is 6. The molecular weight excluding hydrogens is 1080 g/mol. The van der Waals surface area contributed by atoms with Gasteiger partial charge in [0.25, 0.3) is 0 Å². The van der Waals surface area contributed by atoms with E-state index in [-0.39, 0.29) is 94.3 Å². The smallest absolute Gasteiger partial charge is 0.319 e. The maximum absolute atomic E-state index is 16.7. The number of nitrogens with two attached hydrogens (primary N) is 2. The molecule has 8 heterocycles. The summed E-state index contributed by atoms with van der Waals surface area (Å²) in [6.45, 7) is 9.81. The Morgan fingerprint density at radius 1 is 1.06 bits per heavy atom. The van der Waals surface area contributed by atoms with Crippen LogP contribution in [0.25, 0.3) is 49.1 Å². The molecule has 12 rings (SSSR count). The highest BCUT2D eigenvalue weighted by Gasteiger charge is 2.50. The Kier molecular flexibility index (Phi) is 16.0. The number of aliphatic hydroxyl groups is 1. The largest absolute Gasteiger partial charge is 0.489 e. The molecule has 81 heavy (non-hydrogen) atoms. The number of aromatic amines is 1. The van der Waals surface area contributed by atoms with E-state index < -0.39 is 23.7 Å². The molecule has 4 saturated heterocycles. The number of aliphatic hydroxyl groups excluding tert-OH is 1. The zero-order chi connectivity index (χ0) is 56.8. The number of thiazole rings is 1. The van der Waals surface area contributed by atoms with Crippen LogP contribution in [0.4, 0.5) is 14.6 Å². The fraction of sp³-hybridized carbons (Fsp3) is 0.414. The maximum Gasteiger partial charge on any atom is 0.319 e. The zero-order valence-corrected chi connectivity index (χ0v) is 47.2. The molecule has 2 amide bonds. The van der Waals surface area contributed by atoms with Crippen molar-refractivity contribution in [2.45, 2.75) is 109 Å². The van der Waals surface area contributed by atoms with E-state index in [1.807, 2.05) is 50.5 Å². The third kappa shape index (κ3) is 10.6. The van der Waals surface area contributed by atoms with E-state index in [0.29, 0.717) is 96.5 Å². The van der Waals surface area contributed by atoms with Crippen molar-refractivity contribution in [1.29, 1.82) is 0 Å². The molecule has 426 valence electrons. The predicted molar refractivity (Wildman–Crippen MR) is 305 cm³/mol. The maximum atomic E-state index is 16.7. The Bertz CT molecular complexity index is 3540. The molecule has 7 aromatic rings. The summed E-state index contributed by atoms with van der Waals surface area (Å²) in [6.07, 6.45) is 6.12. The fourth-order valence-electron chi connectivity index (χ4n) is 12.0. The lowest BCUT2D eigenvalue weighted by molar-refractivity contribution is -0.143. The van der Waals surface area contributed by atoms with Gasteiger partial charge in [-0.25, -0.2) is 19.6 Å². The van der Waals surface area contributed by atoms with E-state index in [2.05, 4.69) is 30.7 Å². The van der Waals surface area contributed by atoms with Gasteiger partial charge >= 0.3 is 6.01 Å². The predicted octanol–water partition coefficient (Wildman–Crippen LogP) is 7.67. The monoisotopic (exact) mass is 1150 g/mol. The summed E-state index contributed by atoms with van der Waals surface area (Å²) in [4.78, 5) is 47.5. The number of piperazine rings is 1. The van der Waals surface area contributed by atoms with E-state index in [9.17, 15) is 9.59 Å². The molecule has 19 nitrogen and oxygen atoms in total. The van der Waals surface area contributed by atoms with E-state index in [0.717, 1.165) is 41.8 Å². The summed E-state index contributed by atoms with van der Waals surface area (Å²) in [5.74, 6) is 5.68. The minimum atomic E-state index is -0.899. The molecule has 0 spiro atoms. The molecule has 4 fully saturated rings. The van der Waals surface area contributed by atoms with E-state index in [4.69, 9.17) is 57.2 Å². The van der Waals surface area contributed by atoms with Crippen LogP contribution in [0, 0.1) is 31.4 Å². The summed E-state index contributed by atoms with van der Waals surface area (Å²) < 4.78 is 58.4. The van der Waals surface area contributed by atoms with Crippen LogP contribution in [0.3, 0.4) is 0 Å². The number of aromatic nitrogens is 5. The van der Waals surface area contributed by atoms with Gasteiger partial charge in [-0.05, 0) is 67.9 Å². The summed E-state index contributed by atoms with van der Waals surface area (Å²) >= 11 is 9.16. The summed E-state index contributed by atoms with van der Waals surface area (Å²) in [6, 6.07) is 12.5. The molecule has 4 aromatic carbocycles. The number of benzene rings is 4. The van der Waals surface area contributed by atoms with Gasteiger partial charge in [-0.2, -0.15) is 15.1 Å². The number of hydrogen-bond acceptors (Lipinski definition) is 17. The van der Waals surface area contributed by atoms with Crippen molar-refractivity contribution in [2.75, 3.05) is 44.9 Å². The second kappa shape index (κ2) is 23.3. The quantitative estimate of drug-likeness (QED) is 0.0426.